The molecular formula is C18H19BrN2O3S. The van der Waals surface area contributed by atoms with E-state index in [0.29, 0.717) is 4.47 Å². The van der Waals surface area contributed by atoms with Crippen molar-refractivity contribution in [2.45, 2.75) is 30.7 Å². The fraction of sp³-hybridized carbons (Fsp3) is 0.278. The molecule has 1 aliphatic rings. The molecule has 2 aromatic carbocycles. The number of hydrogen-bond donors (Lipinski definition) is 1. The quantitative estimate of drug-likeness (QED) is 0.804. The number of fused-ring (bicyclic) bond motifs is 1. The molecule has 5 nitrogen and oxygen atoms in total. The van der Waals surface area contributed by atoms with Crippen LogP contribution >= 0.6 is 15.9 Å². The van der Waals surface area contributed by atoms with Crippen LogP contribution < -0.4 is 9.62 Å². The third-order valence-corrected chi connectivity index (χ3v) is 6.17. The molecule has 0 fully saturated rings. The summed E-state index contributed by atoms with van der Waals surface area (Å²) in [5, 5.41) is 0. The van der Waals surface area contributed by atoms with Crippen molar-refractivity contribution in [1.82, 2.24) is 4.72 Å². The Kier molecular flexibility index (Phi) is 5.27. The number of amides is 1. The molecule has 0 aliphatic carbocycles. The summed E-state index contributed by atoms with van der Waals surface area (Å²) in [5.41, 5.74) is 2.08. The number of hydrogen-bond acceptors (Lipinski definition) is 3. The maximum absolute atomic E-state index is 12.6. The van der Waals surface area contributed by atoms with Gasteiger partial charge >= 0.3 is 0 Å². The second-order valence-electron chi connectivity index (χ2n) is 6.05. The van der Waals surface area contributed by atoms with Crippen molar-refractivity contribution >= 4 is 37.5 Å². The molecule has 2 aromatic rings. The van der Waals surface area contributed by atoms with E-state index in [1.807, 2.05) is 31.2 Å². The second kappa shape index (κ2) is 7.27. The Morgan fingerprint density at radius 1 is 1.24 bits per heavy atom. The molecule has 0 radical (unpaired) electrons. The molecule has 0 bridgehead atoms. The molecule has 1 unspecified atom stereocenters. The molecule has 1 amide bonds. The van der Waals surface area contributed by atoms with Crippen LogP contribution in [0.5, 0.6) is 0 Å². The highest BCUT2D eigenvalue weighted by molar-refractivity contribution is 9.10. The number of nitrogens with one attached hydrogen (secondary N) is 1. The number of para-hydroxylation sites is 1. The van der Waals surface area contributed by atoms with Crippen LogP contribution in [0.25, 0.3) is 0 Å². The fourth-order valence-electron chi connectivity index (χ4n) is 3.08. The van der Waals surface area contributed by atoms with Crippen molar-refractivity contribution < 1.29 is 13.2 Å². The summed E-state index contributed by atoms with van der Waals surface area (Å²) in [6.45, 7) is 2.07. The first-order valence-corrected chi connectivity index (χ1v) is 10.3. The molecule has 0 aromatic heterocycles. The number of nitrogens with zero attached hydrogens (tertiary/aromatic N) is 1. The summed E-state index contributed by atoms with van der Waals surface area (Å²) in [7, 11) is -3.63. The SMILES string of the molecule is CC1Cc2ccccc2N1C(=O)CCNS(=O)(=O)c1cccc(Br)c1. The van der Waals surface area contributed by atoms with Gasteiger partial charge in [-0.25, -0.2) is 13.1 Å². The predicted molar refractivity (Wildman–Crippen MR) is 101 cm³/mol. The summed E-state index contributed by atoms with van der Waals surface area (Å²) in [5.74, 6) is -0.0746. The summed E-state index contributed by atoms with van der Waals surface area (Å²) < 4.78 is 27.8. The van der Waals surface area contributed by atoms with E-state index in [2.05, 4.69) is 20.7 Å². The first-order chi connectivity index (χ1) is 11.9. The number of anilines is 1. The van der Waals surface area contributed by atoms with Gasteiger partial charge in [-0.05, 0) is 43.2 Å². The van der Waals surface area contributed by atoms with E-state index in [1.54, 1.807) is 17.0 Å². The van der Waals surface area contributed by atoms with Gasteiger partial charge in [0.15, 0.2) is 0 Å². The van der Waals surface area contributed by atoms with Gasteiger partial charge in [0, 0.05) is 29.2 Å². The molecule has 3 rings (SSSR count). The highest BCUT2D eigenvalue weighted by Crippen LogP contribution is 2.32. The number of sulfonamides is 1. The summed E-state index contributed by atoms with van der Waals surface area (Å²) in [6.07, 6.45) is 0.942. The number of rotatable bonds is 5. The standard InChI is InChI=1S/C18H19BrN2O3S/c1-13-11-14-5-2-3-8-17(14)21(13)18(22)9-10-20-25(23,24)16-7-4-6-15(19)12-16/h2-8,12-13,20H,9-11H2,1H3. The van der Waals surface area contributed by atoms with Crippen molar-refractivity contribution in [3.63, 3.8) is 0 Å². The zero-order valence-corrected chi connectivity index (χ0v) is 16.2. The molecule has 1 N–H and O–H groups in total. The van der Waals surface area contributed by atoms with Crippen LogP contribution in [0.3, 0.4) is 0 Å². The van der Waals surface area contributed by atoms with Gasteiger partial charge < -0.3 is 4.90 Å². The van der Waals surface area contributed by atoms with E-state index in [9.17, 15) is 13.2 Å². The Labute approximate surface area is 156 Å². The topological polar surface area (TPSA) is 66.5 Å². The minimum Gasteiger partial charge on any atom is -0.309 e. The van der Waals surface area contributed by atoms with Gasteiger partial charge in [-0.15, -0.1) is 0 Å². The maximum Gasteiger partial charge on any atom is 0.240 e. The van der Waals surface area contributed by atoms with Gasteiger partial charge in [0.05, 0.1) is 4.90 Å². The number of carbonyl (C=O) groups excluding carboxylic acids is 1. The van der Waals surface area contributed by atoms with Crippen molar-refractivity contribution in [2.24, 2.45) is 0 Å². The normalized spacial score (nSPS) is 16.7. The number of benzene rings is 2. The van der Waals surface area contributed by atoms with Crippen LogP contribution in [0.15, 0.2) is 57.9 Å². The van der Waals surface area contributed by atoms with E-state index in [1.165, 1.54) is 12.1 Å². The van der Waals surface area contributed by atoms with Crippen LogP contribution in [0.4, 0.5) is 5.69 Å². The van der Waals surface area contributed by atoms with E-state index >= 15 is 0 Å². The van der Waals surface area contributed by atoms with E-state index in [4.69, 9.17) is 0 Å². The predicted octanol–water partition coefficient (Wildman–Crippen LogP) is 3.10. The molecule has 1 aliphatic heterocycles. The number of halogens is 1. The Morgan fingerprint density at radius 3 is 2.76 bits per heavy atom. The monoisotopic (exact) mass is 422 g/mol. The molecular weight excluding hydrogens is 404 g/mol. The van der Waals surface area contributed by atoms with E-state index in [-0.39, 0.29) is 29.8 Å². The van der Waals surface area contributed by atoms with E-state index in [0.717, 1.165) is 17.7 Å². The second-order valence-corrected chi connectivity index (χ2v) is 8.73. The van der Waals surface area contributed by atoms with Crippen molar-refractivity contribution in [3.8, 4) is 0 Å². The number of carbonyl (C=O) groups is 1. The molecule has 132 valence electrons. The molecule has 1 heterocycles. The third kappa shape index (κ3) is 3.94. The highest BCUT2D eigenvalue weighted by atomic mass is 79.9. The lowest BCUT2D eigenvalue weighted by Crippen LogP contribution is -2.38. The van der Waals surface area contributed by atoms with Crippen LogP contribution in [0.2, 0.25) is 0 Å². The summed E-state index contributed by atoms with van der Waals surface area (Å²) >= 11 is 3.26. The van der Waals surface area contributed by atoms with Gasteiger partial charge in [-0.3, -0.25) is 4.79 Å². The zero-order valence-electron chi connectivity index (χ0n) is 13.8. The fourth-order valence-corrected chi connectivity index (χ4v) is 4.70. The average molecular weight is 423 g/mol. The summed E-state index contributed by atoms with van der Waals surface area (Å²) in [6, 6.07) is 14.4. The molecule has 0 saturated heterocycles. The minimum absolute atomic E-state index is 0.0685. The lowest BCUT2D eigenvalue weighted by atomic mass is 10.1. The zero-order chi connectivity index (χ0) is 18.0. The van der Waals surface area contributed by atoms with Gasteiger partial charge in [0.25, 0.3) is 0 Å². The first-order valence-electron chi connectivity index (χ1n) is 8.04. The van der Waals surface area contributed by atoms with Gasteiger partial charge in [0.1, 0.15) is 0 Å². The molecule has 0 saturated carbocycles. The van der Waals surface area contributed by atoms with Crippen molar-refractivity contribution in [1.29, 1.82) is 0 Å². The lowest BCUT2D eigenvalue weighted by molar-refractivity contribution is -0.118. The van der Waals surface area contributed by atoms with Crippen molar-refractivity contribution in [2.75, 3.05) is 11.4 Å². The Morgan fingerprint density at radius 2 is 2.00 bits per heavy atom. The Balaban J connectivity index is 1.63. The Hall–Kier alpha value is -1.70. The largest absolute Gasteiger partial charge is 0.309 e. The van der Waals surface area contributed by atoms with Crippen LogP contribution in [0.1, 0.15) is 18.9 Å². The Bertz CT molecular complexity index is 899. The summed E-state index contributed by atoms with van der Waals surface area (Å²) in [4.78, 5) is 14.5. The average Bonchev–Trinajstić information content (AvgIpc) is 2.90. The molecule has 0 spiro atoms. The van der Waals surface area contributed by atoms with Crippen LogP contribution in [-0.2, 0) is 21.2 Å². The van der Waals surface area contributed by atoms with Gasteiger partial charge in [-0.2, -0.15) is 0 Å². The minimum atomic E-state index is -3.63. The van der Waals surface area contributed by atoms with E-state index < -0.39 is 10.0 Å². The highest BCUT2D eigenvalue weighted by Gasteiger charge is 2.30. The first kappa shape index (κ1) is 18.1. The van der Waals surface area contributed by atoms with Crippen LogP contribution in [-0.4, -0.2) is 26.9 Å². The molecule has 7 heteroatoms. The van der Waals surface area contributed by atoms with Crippen LogP contribution in [0, 0.1) is 0 Å². The lowest BCUT2D eigenvalue weighted by Gasteiger charge is -2.22. The van der Waals surface area contributed by atoms with Gasteiger partial charge in [0.2, 0.25) is 15.9 Å². The van der Waals surface area contributed by atoms with Crippen molar-refractivity contribution in [3.05, 3.63) is 58.6 Å². The molecule has 1 atom stereocenters. The maximum atomic E-state index is 12.6. The van der Waals surface area contributed by atoms with Gasteiger partial charge in [-0.1, -0.05) is 40.2 Å². The molecule has 25 heavy (non-hydrogen) atoms. The third-order valence-electron chi connectivity index (χ3n) is 4.21. The smallest absolute Gasteiger partial charge is 0.240 e.